The molecule has 1 amide bonds. The van der Waals surface area contributed by atoms with Crippen LogP contribution in [0.5, 0.6) is 5.75 Å². The predicted octanol–water partition coefficient (Wildman–Crippen LogP) is 5.92. The zero-order valence-corrected chi connectivity index (χ0v) is 26.7. The van der Waals surface area contributed by atoms with Crippen LogP contribution in [0.3, 0.4) is 0 Å². The van der Waals surface area contributed by atoms with Crippen molar-refractivity contribution in [3.05, 3.63) is 77.1 Å². The number of hydrogen-bond acceptors (Lipinski definition) is 6. The molecule has 6 rings (SSSR count). The van der Waals surface area contributed by atoms with Gasteiger partial charge in [0.25, 0.3) is 5.91 Å². The number of nitrogens with zero attached hydrogens (tertiary/aromatic N) is 4. The zero-order chi connectivity index (χ0) is 31.2. The van der Waals surface area contributed by atoms with E-state index in [0.717, 1.165) is 67.6 Å². The summed E-state index contributed by atoms with van der Waals surface area (Å²) in [5.41, 5.74) is 8.67. The second kappa shape index (κ2) is 11.7. The summed E-state index contributed by atoms with van der Waals surface area (Å²) in [6.45, 7) is 0.522. The summed E-state index contributed by atoms with van der Waals surface area (Å²) in [7, 11) is 4.54. The second-order valence-electron chi connectivity index (χ2n) is 12.0. The normalized spacial score (nSPS) is 15.4. The van der Waals surface area contributed by atoms with Crippen LogP contribution in [0.2, 0.25) is 0 Å². The first kappa shape index (κ1) is 29.9. The number of hydrogen-bond donors (Lipinski definition) is 1. The Morgan fingerprint density at radius 1 is 1.02 bits per heavy atom. The van der Waals surface area contributed by atoms with Crippen molar-refractivity contribution >= 4 is 44.4 Å². The summed E-state index contributed by atoms with van der Waals surface area (Å²) in [5, 5.41) is 1.09. The summed E-state index contributed by atoms with van der Waals surface area (Å²) < 4.78 is 36.1. The summed E-state index contributed by atoms with van der Waals surface area (Å²) in [5.74, 6) is 0.488. The lowest BCUT2D eigenvalue weighted by atomic mass is 9.81. The number of carbonyl (C=O) groups is 1. The molecular formula is C34H39N5O4S. The molecule has 0 atom stereocenters. The lowest BCUT2D eigenvalue weighted by Crippen LogP contribution is -2.39. The number of nitrogens with one attached hydrogen (secondary N) is 1. The van der Waals surface area contributed by atoms with Gasteiger partial charge in [-0.1, -0.05) is 25.3 Å². The van der Waals surface area contributed by atoms with Crippen molar-refractivity contribution in [3.63, 3.8) is 0 Å². The molecule has 0 radical (unpaired) electrons. The summed E-state index contributed by atoms with van der Waals surface area (Å²) >= 11 is 0. The largest absolute Gasteiger partial charge is 0.497 e. The summed E-state index contributed by atoms with van der Waals surface area (Å²) in [6, 6.07) is 15.8. The molecule has 1 N–H and O–H groups in total. The fourth-order valence-corrected chi connectivity index (χ4v) is 7.13. The lowest BCUT2D eigenvalue weighted by molar-refractivity contribution is 0.0980. The van der Waals surface area contributed by atoms with Crippen LogP contribution >= 0.6 is 0 Å². The lowest BCUT2D eigenvalue weighted by Gasteiger charge is -2.24. The zero-order valence-electron chi connectivity index (χ0n) is 25.9. The van der Waals surface area contributed by atoms with E-state index in [4.69, 9.17) is 9.72 Å². The summed E-state index contributed by atoms with van der Waals surface area (Å²) in [4.78, 5) is 20.2. The van der Waals surface area contributed by atoms with Gasteiger partial charge < -0.3 is 14.2 Å². The van der Waals surface area contributed by atoms with E-state index in [1.54, 1.807) is 13.2 Å². The molecule has 0 saturated heterocycles. The second-order valence-corrected chi connectivity index (χ2v) is 13.9. The van der Waals surface area contributed by atoms with Gasteiger partial charge in [-0.2, -0.15) is 12.7 Å². The predicted molar refractivity (Wildman–Crippen MR) is 176 cm³/mol. The number of amides is 1. The molecular weight excluding hydrogens is 574 g/mol. The van der Waals surface area contributed by atoms with Gasteiger partial charge in [-0.3, -0.25) is 9.78 Å². The Hall–Kier alpha value is -4.15. The van der Waals surface area contributed by atoms with Crippen LogP contribution in [-0.2, 0) is 16.8 Å². The number of allylic oxidation sites excluding steroid dienone is 1. The van der Waals surface area contributed by atoms with Crippen LogP contribution in [0.1, 0.15) is 65.2 Å². The van der Waals surface area contributed by atoms with E-state index in [0.29, 0.717) is 12.5 Å². The Morgan fingerprint density at radius 3 is 2.50 bits per heavy atom. The van der Waals surface area contributed by atoms with Gasteiger partial charge in [-0.15, -0.1) is 0 Å². The van der Waals surface area contributed by atoms with Gasteiger partial charge in [-0.05, 0) is 78.4 Å². The quantitative estimate of drug-likeness (QED) is 0.278. The Kier molecular flexibility index (Phi) is 7.98. The first-order valence-electron chi connectivity index (χ1n) is 15.0. The number of anilines is 1. The molecule has 2 aliphatic rings. The van der Waals surface area contributed by atoms with E-state index in [1.165, 1.54) is 38.9 Å². The molecule has 2 aromatic carbocycles. The Morgan fingerprint density at radius 2 is 1.80 bits per heavy atom. The monoisotopic (exact) mass is 613 g/mol. The van der Waals surface area contributed by atoms with Gasteiger partial charge in [0, 0.05) is 62.0 Å². The molecule has 4 aromatic rings. The highest BCUT2D eigenvalue weighted by Gasteiger charge is 2.31. The Balaban J connectivity index is 1.63. The number of rotatable bonds is 7. The van der Waals surface area contributed by atoms with Gasteiger partial charge in [0.15, 0.2) is 0 Å². The van der Waals surface area contributed by atoms with Crippen molar-refractivity contribution in [1.29, 1.82) is 0 Å². The first-order chi connectivity index (χ1) is 21.1. The first-order valence-corrected chi connectivity index (χ1v) is 16.5. The molecule has 230 valence electrons. The highest BCUT2D eigenvalue weighted by molar-refractivity contribution is 7.87. The SMILES string of the molecule is COc1ccc2c(c1)C=C(c1ncccc1N(C)C)Cn1c-2c(C2CCCCC2)c2ccc(C(=O)NS(=O)(=O)N(C)C)cc21. The minimum absolute atomic E-state index is 0.287. The smallest absolute Gasteiger partial charge is 0.303 e. The fraction of sp³-hybridized carbons (Fsp3) is 0.353. The third-order valence-corrected chi connectivity index (χ3v) is 10.2. The Bertz CT molecular complexity index is 1890. The van der Waals surface area contributed by atoms with Gasteiger partial charge >= 0.3 is 10.2 Å². The average Bonchev–Trinajstić information content (AvgIpc) is 3.23. The van der Waals surface area contributed by atoms with E-state index >= 15 is 0 Å². The van der Waals surface area contributed by atoms with Gasteiger partial charge in [-0.25, -0.2) is 4.72 Å². The maximum absolute atomic E-state index is 13.3. The Labute approximate surface area is 259 Å². The van der Waals surface area contributed by atoms with Gasteiger partial charge in [0.1, 0.15) is 5.75 Å². The van der Waals surface area contributed by atoms with E-state index < -0.39 is 16.1 Å². The summed E-state index contributed by atoms with van der Waals surface area (Å²) in [6.07, 6.45) is 9.82. The molecule has 2 aromatic heterocycles. The molecule has 0 bridgehead atoms. The molecule has 44 heavy (non-hydrogen) atoms. The van der Waals surface area contributed by atoms with E-state index in [1.807, 2.05) is 44.6 Å². The topological polar surface area (TPSA) is 96.8 Å². The number of ether oxygens (including phenoxy) is 1. The van der Waals surface area contributed by atoms with E-state index in [9.17, 15) is 13.2 Å². The van der Waals surface area contributed by atoms with Crippen molar-refractivity contribution in [1.82, 2.24) is 18.6 Å². The van der Waals surface area contributed by atoms with Crippen LogP contribution in [0, 0.1) is 0 Å². The third-order valence-electron chi connectivity index (χ3n) is 8.83. The number of pyridine rings is 1. The standard InChI is InChI=1S/C34H39N5O4S/c1-37(2)29-12-9-17-35-32(29)25-18-24-19-26(43-5)14-16-27(24)33-31(22-10-7-6-8-11-22)28-15-13-23(20-30(28)39(33)21-25)34(40)36-44(41,42)38(3)4/h9,12-20,22H,6-8,10-11,21H2,1-5H3,(H,36,40). The van der Waals surface area contributed by atoms with Crippen molar-refractivity contribution < 1.29 is 17.9 Å². The maximum Gasteiger partial charge on any atom is 0.303 e. The highest BCUT2D eigenvalue weighted by Crippen LogP contribution is 2.48. The van der Waals surface area contributed by atoms with Crippen molar-refractivity contribution in [3.8, 4) is 17.0 Å². The van der Waals surface area contributed by atoms with Crippen LogP contribution in [-0.4, -0.2) is 63.5 Å². The van der Waals surface area contributed by atoms with Crippen LogP contribution in [0.4, 0.5) is 5.69 Å². The number of benzene rings is 2. The van der Waals surface area contributed by atoms with Gasteiger partial charge in [0.05, 0.1) is 30.7 Å². The number of carbonyl (C=O) groups excluding carboxylic acids is 1. The van der Waals surface area contributed by atoms with Crippen LogP contribution < -0.4 is 14.4 Å². The molecule has 1 aliphatic carbocycles. The number of aromatic nitrogens is 2. The molecule has 1 aliphatic heterocycles. The molecule has 10 heteroatoms. The van der Waals surface area contributed by atoms with Gasteiger partial charge in [0.2, 0.25) is 0 Å². The minimum atomic E-state index is -3.95. The van der Waals surface area contributed by atoms with E-state index in [-0.39, 0.29) is 5.56 Å². The molecule has 3 heterocycles. The maximum atomic E-state index is 13.3. The van der Waals surface area contributed by atoms with Crippen LogP contribution in [0.25, 0.3) is 33.8 Å². The molecule has 0 unspecified atom stereocenters. The van der Waals surface area contributed by atoms with Crippen molar-refractivity contribution in [2.24, 2.45) is 0 Å². The van der Waals surface area contributed by atoms with Crippen molar-refractivity contribution in [2.75, 3.05) is 40.2 Å². The molecule has 9 nitrogen and oxygen atoms in total. The van der Waals surface area contributed by atoms with E-state index in [2.05, 4.69) is 38.5 Å². The molecule has 0 spiro atoms. The average molecular weight is 614 g/mol. The molecule has 1 saturated carbocycles. The highest BCUT2D eigenvalue weighted by atomic mass is 32.2. The number of methoxy groups -OCH3 is 1. The minimum Gasteiger partial charge on any atom is -0.497 e. The van der Waals surface area contributed by atoms with Crippen LogP contribution in [0.15, 0.2) is 54.7 Å². The van der Waals surface area contributed by atoms with Crippen molar-refractivity contribution in [2.45, 2.75) is 44.6 Å². The third kappa shape index (κ3) is 5.37. The number of fused-ring (bicyclic) bond motifs is 5. The fourth-order valence-electron chi connectivity index (χ4n) is 6.60. The molecule has 1 fully saturated rings.